The van der Waals surface area contributed by atoms with Crippen LogP contribution in [0.5, 0.6) is 0 Å². The lowest BCUT2D eigenvalue weighted by Gasteiger charge is -2.03. The molecule has 2 N–H and O–H groups in total. The van der Waals surface area contributed by atoms with Gasteiger partial charge in [-0.05, 0) is 6.42 Å². The molecule has 0 aliphatic heterocycles. The molecule has 0 atom stereocenters. The Morgan fingerprint density at radius 2 is 1.09 bits per heavy atom. The van der Waals surface area contributed by atoms with Gasteiger partial charge in [-0.2, -0.15) is 0 Å². The second-order valence-corrected chi connectivity index (χ2v) is 9.04. The van der Waals surface area contributed by atoms with E-state index in [1.807, 2.05) is 48.9 Å². The first-order chi connectivity index (χ1) is 16.4. The van der Waals surface area contributed by atoms with Crippen LogP contribution in [0.15, 0.2) is 55.1 Å². The van der Waals surface area contributed by atoms with E-state index in [0.29, 0.717) is 0 Å². The van der Waals surface area contributed by atoms with Gasteiger partial charge in [-0.3, -0.25) is 0 Å². The Morgan fingerprint density at radius 1 is 0.576 bits per heavy atom. The van der Waals surface area contributed by atoms with Crippen LogP contribution in [0.2, 0.25) is 0 Å². The average molecular weight is 451 g/mol. The van der Waals surface area contributed by atoms with Gasteiger partial charge in [0, 0.05) is 36.8 Å². The van der Waals surface area contributed by atoms with Gasteiger partial charge in [0.25, 0.3) is 0 Å². The summed E-state index contributed by atoms with van der Waals surface area (Å²) in [4.78, 5) is 14.6. The summed E-state index contributed by atoms with van der Waals surface area (Å²) >= 11 is 0. The summed E-state index contributed by atoms with van der Waals surface area (Å²) < 4.78 is 0. The van der Waals surface area contributed by atoms with E-state index in [0.717, 1.165) is 23.6 Å². The molecule has 1 aromatic carbocycles. The van der Waals surface area contributed by atoms with Crippen molar-refractivity contribution in [3.63, 3.8) is 0 Å². The predicted octanol–water partition coefficient (Wildman–Crippen LogP) is 8.90. The third-order valence-electron chi connectivity index (χ3n) is 6.12. The van der Waals surface area contributed by atoms with Crippen LogP contribution < -0.4 is 0 Å². The van der Waals surface area contributed by atoms with E-state index in [4.69, 9.17) is 0 Å². The van der Waals surface area contributed by atoms with Gasteiger partial charge in [-0.1, -0.05) is 127 Å². The number of rotatable bonds is 17. The zero-order valence-corrected chi connectivity index (χ0v) is 20.9. The molecule has 0 fully saturated rings. The molecule has 33 heavy (non-hydrogen) atoms. The monoisotopic (exact) mass is 450 g/mol. The zero-order valence-electron chi connectivity index (χ0n) is 20.9. The Bertz CT molecular complexity index is 750. The largest absolute Gasteiger partial charge is 0.349 e. The highest BCUT2D eigenvalue weighted by Crippen LogP contribution is 2.14. The summed E-state index contributed by atoms with van der Waals surface area (Å²) in [6.07, 6.45) is 29.9. The Hall–Kier alpha value is -2.36. The Labute approximate surface area is 202 Å². The van der Waals surface area contributed by atoms with Crippen molar-refractivity contribution in [1.82, 2.24) is 19.9 Å². The van der Waals surface area contributed by atoms with Crippen molar-refractivity contribution in [3.8, 4) is 11.4 Å². The second kappa shape index (κ2) is 19.1. The SMILES string of the molecule is CCCCCCCCCCCCCCCCCc1ncc[nH]1.c1ccc(-c2ncc[nH]2)cc1. The van der Waals surface area contributed by atoms with E-state index < -0.39 is 0 Å². The summed E-state index contributed by atoms with van der Waals surface area (Å²) in [6, 6.07) is 10.0. The van der Waals surface area contributed by atoms with Crippen LogP contribution in [-0.2, 0) is 6.42 Å². The summed E-state index contributed by atoms with van der Waals surface area (Å²) in [7, 11) is 0. The fraction of sp³-hybridized carbons (Fsp3) is 0.586. The van der Waals surface area contributed by atoms with Crippen molar-refractivity contribution in [2.45, 2.75) is 110 Å². The fourth-order valence-corrected chi connectivity index (χ4v) is 4.12. The lowest BCUT2D eigenvalue weighted by atomic mass is 10.0. The van der Waals surface area contributed by atoms with E-state index in [-0.39, 0.29) is 0 Å². The Kier molecular flexibility index (Phi) is 15.6. The first-order valence-electron chi connectivity index (χ1n) is 13.4. The fourth-order valence-electron chi connectivity index (χ4n) is 4.12. The van der Waals surface area contributed by atoms with Crippen LogP contribution in [0.3, 0.4) is 0 Å². The highest BCUT2D eigenvalue weighted by Gasteiger charge is 1.97. The number of nitrogens with one attached hydrogen (secondary N) is 2. The number of aromatic nitrogens is 4. The van der Waals surface area contributed by atoms with Crippen molar-refractivity contribution in [2.75, 3.05) is 0 Å². The van der Waals surface area contributed by atoms with Gasteiger partial charge in [-0.15, -0.1) is 0 Å². The maximum Gasteiger partial charge on any atom is 0.137 e. The number of unbranched alkanes of at least 4 members (excludes halogenated alkanes) is 14. The quantitative estimate of drug-likeness (QED) is 0.202. The molecule has 3 rings (SSSR count). The lowest BCUT2D eigenvalue weighted by molar-refractivity contribution is 0.531. The molecule has 0 amide bonds. The number of H-pyrrole nitrogens is 2. The molecule has 0 saturated heterocycles. The smallest absolute Gasteiger partial charge is 0.137 e. The number of aromatic amines is 2. The van der Waals surface area contributed by atoms with Crippen LogP contribution in [0.25, 0.3) is 11.4 Å². The number of benzene rings is 1. The minimum atomic E-state index is 0.922. The first-order valence-corrected chi connectivity index (χ1v) is 13.4. The molecule has 0 bridgehead atoms. The summed E-state index contributed by atoms with van der Waals surface area (Å²) in [5, 5.41) is 0. The van der Waals surface area contributed by atoms with Gasteiger partial charge < -0.3 is 9.97 Å². The van der Waals surface area contributed by atoms with E-state index in [1.54, 1.807) is 6.20 Å². The Balaban J connectivity index is 0.000000288. The standard InChI is InChI=1S/C20H38N2.C9H8N2/c1-2-3-4-5-6-7-8-9-10-11-12-13-14-15-16-17-20-21-18-19-22-20;1-2-4-8(5-3-1)9-10-6-7-11-9/h18-19H,2-17H2,1H3,(H,21,22);1-7H,(H,10,11). The van der Waals surface area contributed by atoms with Gasteiger partial charge in [0.15, 0.2) is 0 Å². The minimum Gasteiger partial charge on any atom is -0.349 e. The maximum absolute atomic E-state index is 4.26. The van der Waals surface area contributed by atoms with Crippen LogP contribution in [0.4, 0.5) is 0 Å². The van der Waals surface area contributed by atoms with Crippen molar-refractivity contribution < 1.29 is 0 Å². The van der Waals surface area contributed by atoms with Gasteiger partial charge in [0.05, 0.1) is 0 Å². The molecule has 0 unspecified atom stereocenters. The normalized spacial score (nSPS) is 10.7. The number of hydrogen-bond acceptors (Lipinski definition) is 2. The third kappa shape index (κ3) is 13.7. The first kappa shape index (κ1) is 26.9. The molecule has 2 heterocycles. The summed E-state index contributed by atoms with van der Waals surface area (Å²) in [6.45, 7) is 2.29. The second-order valence-electron chi connectivity index (χ2n) is 9.04. The molecular formula is C29H46N4. The Morgan fingerprint density at radius 3 is 1.58 bits per heavy atom. The van der Waals surface area contributed by atoms with Gasteiger partial charge in [0.1, 0.15) is 11.6 Å². The molecule has 0 aliphatic rings. The average Bonchev–Trinajstić information content (AvgIpc) is 3.57. The number of hydrogen-bond donors (Lipinski definition) is 2. The molecule has 4 heteroatoms. The number of imidazole rings is 2. The summed E-state index contributed by atoms with van der Waals surface area (Å²) in [5.41, 5.74) is 1.12. The molecule has 3 aromatic rings. The zero-order chi connectivity index (χ0) is 23.2. The van der Waals surface area contributed by atoms with Crippen LogP contribution in [-0.4, -0.2) is 19.9 Å². The van der Waals surface area contributed by atoms with Crippen LogP contribution in [0, 0.1) is 0 Å². The molecule has 0 radical (unpaired) electrons. The number of nitrogens with zero attached hydrogens (tertiary/aromatic N) is 2. The topological polar surface area (TPSA) is 57.4 Å². The van der Waals surface area contributed by atoms with E-state index in [9.17, 15) is 0 Å². The predicted molar refractivity (Wildman–Crippen MR) is 141 cm³/mol. The van der Waals surface area contributed by atoms with E-state index in [2.05, 4.69) is 26.9 Å². The third-order valence-corrected chi connectivity index (χ3v) is 6.12. The maximum atomic E-state index is 4.26. The molecule has 0 spiro atoms. The number of aryl methyl sites for hydroxylation is 1. The van der Waals surface area contributed by atoms with Crippen molar-refractivity contribution in [1.29, 1.82) is 0 Å². The highest BCUT2D eigenvalue weighted by atomic mass is 14.9. The van der Waals surface area contributed by atoms with Gasteiger partial charge >= 0.3 is 0 Å². The van der Waals surface area contributed by atoms with Gasteiger partial charge in [-0.25, -0.2) is 9.97 Å². The van der Waals surface area contributed by atoms with Gasteiger partial charge in [0.2, 0.25) is 0 Å². The highest BCUT2D eigenvalue weighted by molar-refractivity contribution is 5.53. The molecule has 0 saturated carbocycles. The molecule has 182 valence electrons. The molecular weight excluding hydrogens is 404 g/mol. The van der Waals surface area contributed by atoms with Crippen molar-refractivity contribution in [3.05, 3.63) is 60.9 Å². The van der Waals surface area contributed by atoms with Crippen molar-refractivity contribution >= 4 is 0 Å². The van der Waals surface area contributed by atoms with Crippen LogP contribution in [0.1, 0.15) is 109 Å². The molecule has 0 aliphatic carbocycles. The molecule has 4 nitrogen and oxygen atoms in total. The van der Waals surface area contributed by atoms with E-state index in [1.165, 1.54) is 96.3 Å². The van der Waals surface area contributed by atoms with Crippen LogP contribution >= 0.6 is 0 Å². The lowest BCUT2D eigenvalue weighted by Crippen LogP contribution is -1.88. The minimum absolute atomic E-state index is 0.922. The molecule has 2 aromatic heterocycles. The van der Waals surface area contributed by atoms with Crippen molar-refractivity contribution in [2.24, 2.45) is 0 Å². The van der Waals surface area contributed by atoms with E-state index >= 15 is 0 Å². The summed E-state index contributed by atoms with van der Waals surface area (Å²) in [5.74, 6) is 2.07.